The average Bonchev–Trinajstić information content (AvgIpc) is 2.57. The molecule has 1 atom stereocenters. The zero-order valence-corrected chi connectivity index (χ0v) is 19.6. The van der Waals surface area contributed by atoms with E-state index in [0.717, 1.165) is 16.2 Å². The molecule has 1 unspecified atom stereocenters. The molecule has 0 saturated heterocycles. The van der Waals surface area contributed by atoms with E-state index >= 15 is 0 Å². The topological polar surface area (TPSA) is 54.0 Å². The molecular formula is C17H30O5P2S2. The fraction of sp³-hybridized carbons (Fsp3) is 0.647. The monoisotopic (exact) mass is 440 g/mol. The minimum Gasteiger partial charge on any atom is -0.329 e. The van der Waals surface area contributed by atoms with E-state index in [9.17, 15) is 4.57 Å². The number of thioether (sulfide) groups is 1. The van der Waals surface area contributed by atoms with Crippen LogP contribution < -0.4 is 0 Å². The van der Waals surface area contributed by atoms with E-state index in [4.69, 9.17) is 29.9 Å². The Morgan fingerprint density at radius 3 is 1.73 bits per heavy atom. The van der Waals surface area contributed by atoms with E-state index in [1.165, 1.54) is 0 Å². The van der Waals surface area contributed by atoms with Crippen molar-refractivity contribution in [1.82, 2.24) is 0 Å². The van der Waals surface area contributed by atoms with Crippen molar-refractivity contribution in [1.29, 1.82) is 0 Å². The van der Waals surface area contributed by atoms with Crippen LogP contribution >= 0.6 is 25.8 Å². The molecule has 0 bridgehead atoms. The first kappa shape index (κ1) is 24.3. The molecule has 0 heterocycles. The Labute approximate surface area is 167 Å². The van der Waals surface area contributed by atoms with Crippen LogP contribution in [0, 0.1) is 0 Å². The van der Waals surface area contributed by atoms with E-state index in [-0.39, 0.29) is 13.2 Å². The number of hydrogen-bond acceptors (Lipinski definition) is 7. The Bertz CT molecular complexity index is 574. The van der Waals surface area contributed by atoms with E-state index in [1.54, 1.807) is 25.6 Å². The highest BCUT2D eigenvalue weighted by Gasteiger charge is 2.48. The van der Waals surface area contributed by atoms with Crippen LogP contribution in [0.2, 0.25) is 0 Å². The fourth-order valence-corrected chi connectivity index (χ4v) is 10.6. The van der Waals surface area contributed by atoms with Crippen molar-refractivity contribution in [2.75, 3.05) is 32.2 Å². The van der Waals surface area contributed by atoms with Gasteiger partial charge in [-0.2, -0.15) is 0 Å². The Balaban J connectivity index is 3.49. The zero-order valence-electron chi connectivity index (χ0n) is 16.2. The molecular weight excluding hydrogens is 410 g/mol. The Morgan fingerprint density at radius 2 is 1.35 bits per heavy atom. The van der Waals surface area contributed by atoms with Gasteiger partial charge in [-0.15, -0.1) is 11.8 Å². The maximum absolute atomic E-state index is 13.7. The molecule has 0 radical (unpaired) electrons. The van der Waals surface area contributed by atoms with Gasteiger partial charge < -0.3 is 18.1 Å². The van der Waals surface area contributed by atoms with Crippen LogP contribution in [0.1, 0.15) is 45.6 Å². The summed E-state index contributed by atoms with van der Waals surface area (Å²) in [7, 11) is -3.57. The van der Waals surface area contributed by atoms with Crippen molar-refractivity contribution < 1.29 is 22.7 Å². The molecule has 150 valence electrons. The van der Waals surface area contributed by atoms with Crippen molar-refractivity contribution in [2.45, 2.75) is 44.9 Å². The van der Waals surface area contributed by atoms with Crippen molar-refractivity contribution >= 4 is 37.7 Å². The SMILES string of the molecule is CCOP(=O)(OCC)C(c1ccc(SCC)cc1)P(=S)(OCC)OCC. The van der Waals surface area contributed by atoms with Gasteiger partial charge in [0.15, 0.2) is 5.40 Å². The lowest BCUT2D eigenvalue weighted by molar-refractivity contribution is 0.210. The molecule has 0 aliphatic rings. The molecule has 1 rings (SSSR count). The van der Waals surface area contributed by atoms with Gasteiger partial charge in [-0.05, 0) is 63.0 Å². The highest BCUT2D eigenvalue weighted by molar-refractivity contribution is 8.12. The lowest BCUT2D eigenvalue weighted by atomic mass is 10.2. The number of hydrogen-bond donors (Lipinski definition) is 0. The minimum atomic E-state index is -3.57. The van der Waals surface area contributed by atoms with E-state index in [2.05, 4.69) is 6.92 Å². The van der Waals surface area contributed by atoms with Gasteiger partial charge in [-0.3, -0.25) is 4.57 Å². The van der Waals surface area contributed by atoms with Gasteiger partial charge in [0.25, 0.3) is 0 Å². The highest BCUT2D eigenvalue weighted by Crippen LogP contribution is 2.78. The molecule has 0 spiro atoms. The first-order valence-electron chi connectivity index (χ1n) is 8.90. The summed E-state index contributed by atoms with van der Waals surface area (Å²) in [6.45, 7) is 7.68. The van der Waals surface area contributed by atoms with Crippen LogP contribution in [0.5, 0.6) is 0 Å². The van der Waals surface area contributed by atoms with Crippen LogP contribution in [0.4, 0.5) is 0 Å². The van der Waals surface area contributed by atoms with Crippen LogP contribution in [-0.4, -0.2) is 32.2 Å². The van der Waals surface area contributed by atoms with Gasteiger partial charge >= 0.3 is 7.60 Å². The molecule has 26 heavy (non-hydrogen) atoms. The maximum Gasteiger partial charge on any atom is 0.347 e. The first-order chi connectivity index (χ1) is 12.4. The normalized spacial score (nSPS) is 13.7. The number of benzene rings is 1. The van der Waals surface area contributed by atoms with Gasteiger partial charge in [0.1, 0.15) is 0 Å². The van der Waals surface area contributed by atoms with Crippen molar-refractivity contribution in [2.24, 2.45) is 0 Å². The lowest BCUT2D eigenvalue weighted by Crippen LogP contribution is -2.11. The largest absolute Gasteiger partial charge is 0.347 e. The Morgan fingerprint density at radius 1 is 0.885 bits per heavy atom. The molecule has 5 nitrogen and oxygen atoms in total. The first-order valence-corrected chi connectivity index (χ1v) is 14.2. The quantitative estimate of drug-likeness (QED) is 0.258. The summed E-state index contributed by atoms with van der Waals surface area (Å²) in [5.74, 6) is 0.981. The van der Waals surface area contributed by atoms with E-state index < -0.39 is 19.5 Å². The molecule has 0 N–H and O–H groups in total. The second-order valence-corrected chi connectivity index (χ2v) is 12.6. The Hall–Kier alpha value is 0.290. The van der Waals surface area contributed by atoms with Gasteiger partial charge in [-0.25, -0.2) is 0 Å². The Kier molecular flexibility index (Phi) is 11.2. The molecule has 0 aromatic heterocycles. The maximum atomic E-state index is 13.7. The summed E-state index contributed by atoms with van der Waals surface area (Å²) >= 11 is 7.53. The summed E-state index contributed by atoms with van der Waals surface area (Å²) in [6.07, 6.45) is 0. The third kappa shape index (κ3) is 6.42. The van der Waals surface area contributed by atoms with Crippen LogP contribution in [0.25, 0.3) is 0 Å². The summed E-state index contributed by atoms with van der Waals surface area (Å²) in [6, 6.07) is 7.84. The van der Waals surface area contributed by atoms with Crippen LogP contribution in [0.3, 0.4) is 0 Å². The third-order valence-electron chi connectivity index (χ3n) is 3.32. The second-order valence-electron chi connectivity index (χ2n) is 5.13. The summed E-state index contributed by atoms with van der Waals surface area (Å²) in [5.41, 5.74) is 0.765. The molecule has 0 aliphatic heterocycles. The van der Waals surface area contributed by atoms with Gasteiger partial charge in [0.2, 0.25) is 6.49 Å². The van der Waals surface area contributed by atoms with Crippen molar-refractivity contribution in [3.05, 3.63) is 29.8 Å². The molecule has 0 aliphatic carbocycles. The second kappa shape index (κ2) is 12.0. The standard InChI is InChI=1S/C17H30O5P2S2/c1-6-19-23(18,20-7-2)17(24(25,21-8-3)22-9-4)15-11-13-16(14-12-15)26-10-5/h11-14,17H,6-10H2,1-5H3. The zero-order chi connectivity index (χ0) is 19.6. The summed E-state index contributed by atoms with van der Waals surface area (Å²) < 4.78 is 36.7. The van der Waals surface area contributed by atoms with E-state index in [0.29, 0.717) is 13.2 Å². The molecule has 0 amide bonds. The predicted molar refractivity (Wildman–Crippen MR) is 114 cm³/mol. The molecule has 0 saturated carbocycles. The average molecular weight is 441 g/mol. The lowest BCUT2D eigenvalue weighted by Gasteiger charge is -2.34. The van der Waals surface area contributed by atoms with Crippen LogP contribution in [0.15, 0.2) is 29.2 Å². The van der Waals surface area contributed by atoms with E-state index in [1.807, 2.05) is 38.1 Å². The minimum absolute atomic E-state index is 0.255. The van der Waals surface area contributed by atoms with Gasteiger partial charge in [0, 0.05) is 4.90 Å². The highest BCUT2D eigenvalue weighted by atomic mass is 32.5. The smallest absolute Gasteiger partial charge is 0.329 e. The predicted octanol–water partition coefficient (Wildman–Crippen LogP) is 6.45. The summed E-state index contributed by atoms with van der Waals surface area (Å²) in [5, 5.41) is -0.759. The van der Waals surface area contributed by atoms with Gasteiger partial charge in [0.05, 0.1) is 26.4 Å². The van der Waals surface area contributed by atoms with Crippen LogP contribution in [-0.2, 0) is 34.5 Å². The fourth-order valence-electron chi connectivity index (χ4n) is 2.52. The van der Waals surface area contributed by atoms with Gasteiger partial charge in [-0.1, -0.05) is 19.1 Å². The molecule has 1 aromatic rings. The molecule has 0 fully saturated rings. The third-order valence-corrected chi connectivity index (χ3v) is 12.0. The molecule has 9 heteroatoms. The number of rotatable bonds is 13. The van der Waals surface area contributed by atoms with Crippen molar-refractivity contribution in [3.63, 3.8) is 0 Å². The molecule has 1 aromatic carbocycles. The van der Waals surface area contributed by atoms with Crippen molar-refractivity contribution in [3.8, 4) is 0 Å². The summed E-state index contributed by atoms with van der Waals surface area (Å²) in [4.78, 5) is 1.14.